The summed E-state index contributed by atoms with van der Waals surface area (Å²) >= 11 is 9.26. The molecule has 1 atom stereocenters. The molecule has 3 heteroatoms. The van der Waals surface area contributed by atoms with E-state index < -0.39 is 6.10 Å². The molecule has 1 rings (SSSR count). The molecule has 0 amide bonds. The van der Waals surface area contributed by atoms with Gasteiger partial charge in [-0.05, 0) is 53.4 Å². The number of rotatable bonds is 4. The monoisotopic (exact) mass is 288 g/mol. The van der Waals surface area contributed by atoms with E-state index in [1.807, 2.05) is 19.1 Å². The SMILES string of the molecule is C=C(C)CCC(O)c1ccc(Br)c(Cl)c1. The highest BCUT2D eigenvalue weighted by molar-refractivity contribution is 9.10. The van der Waals surface area contributed by atoms with Gasteiger partial charge < -0.3 is 5.11 Å². The maximum absolute atomic E-state index is 9.87. The third kappa shape index (κ3) is 3.98. The lowest BCUT2D eigenvalue weighted by atomic mass is 10.0. The van der Waals surface area contributed by atoms with Crippen molar-refractivity contribution in [2.45, 2.75) is 25.9 Å². The number of aliphatic hydroxyl groups is 1. The lowest BCUT2D eigenvalue weighted by Gasteiger charge is -2.11. The Balaban J connectivity index is 2.69. The van der Waals surface area contributed by atoms with Crippen LogP contribution in [0.15, 0.2) is 34.8 Å². The highest BCUT2D eigenvalue weighted by Crippen LogP contribution is 2.28. The molecular weight excluding hydrogens is 275 g/mol. The molecule has 1 N–H and O–H groups in total. The van der Waals surface area contributed by atoms with Crippen LogP contribution in [0.4, 0.5) is 0 Å². The predicted molar refractivity (Wildman–Crippen MR) is 68.2 cm³/mol. The van der Waals surface area contributed by atoms with Crippen molar-refractivity contribution in [3.63, 3.8) is 0 Å². The zero-order chi connectivity index (χ0) is 11.4. The van der Waals surface area contributed by atoms with Gasteiger partial charge in [0.1, 0.15) is 0 Å². The number of hydrogen-bond acceptors (Lipinski definition) is 1. The highest BCUT2D eigenvalue weighted by atomic mass is 79.9. The molecule has 15 heavy (non-hydrogen) atoms. The molecule has 0 aromatic heterocycles. The summed E-state index contributed by atoms with van der Waals surface area (Å²) in [5, 5.41) is 10.5. The van der Waals surface area contributed by atoms with Crippen LogP contribution in [0.2, 0.25) is 5.02 Å². The van der Waals surface area contributed by atoms with Gasteiger partial charge in [-0.15, -0.1) is 6.58 Å². The molecule has 1 aromatic rings. The standard InChI is InChI=1S/C12H14BrClO/c1-8(2)3-6-12(15)9-4-5-10(13)11(14)7-9/h4-5,7,12,15H,1,3,6H2,2H3. The predicted octanol–water partition coefficient (Wildman–Crippen LogP) is 4.49. The molecule has 0 aliphatic heterocycles. The average molecular weight is 290 g/mol. The van der Waals surface area contributed by atoms with Crippen LogP contribution in [0.25, 0.3) is 0 Å². The van der Waals surface area contributed by atoms with Crippen LogP contribution in [-0.2, 0) is 0 Å². The zero-order valence-electron chi connectivity index (χ0n) is 8.63. The molecule has 0 saturated heterocycles. The summed E-state index contributed by atoms with van der Waals surface area (Å²) in [5.41, 5.74) is 1.93. The van der Waals surface area contributed by atoms with Gasteiger partial charge in [-0.25, -0.2) is 0 Å². The minimum Gasteiger partial charge on any atom is -0.388 e. The third-order valence-corrected chi connectivity index (χ3v) is 3.41. The van der Waals surface area contributed by atoms with Crippen LogP contribution in [-0.4, -0.2) is 5.11 Å². The maximum Gasteiger partial charge on any atom is 0.0793 e. The Hall–Kier alpha value is -0.310. The third-order valence-electron chi connectivity index (χ3n) is 2.17. The Morgan fingerprint density at radius 1 is 1.60 bits per heavy atom. The van der Waals surface area contributed by atoms with Gasteiger partial charge in [-0.1, -0.05) is 23.2 Å². The first-order valence-electron chi connectivity index (χ1n) is 4.78. The average Bonchev–Trinajstić information content (AvgIpc) is 2.18. The molecule has 1 nitrogen and oxygen atoms in total. The van der Waals surface area contributed by atoms with Gasteiger partial charge in [0.15, 0.2) is 0 Å². The summed E-state index contributed by atoms with van der Waals surface area (Å²) in [5.74, 6) is 0. The van der Waals surface area contributed by atoms with Gasteiger partial charge in [0.2, 0.25) is 0 Å². The van der Waals surface area contributed by atoms with E-state index in [0.29, 0.717) is 11.4 Å². The lowest BCUT2D eigenvalue weighted by Crippen LogP contribution is -1.97. The molecule has 0 fully saturated rings. The minimum absolute atomic E-state index is 0.465. The van der Waals surface area contributed by atoms with Crippen LogP contribution in [0.5, 0.6) is 0 Å². The smallest absolute Gasteiger partial charge is 0.0793 e. The van der Waals surface area contributed by atoms with Crippen molar-refractivity contribution in [3.05, 3.63) is 45.4 Å². The number of hydrogen-bond donors (Lipinski definition) is 1. The van der Waals surface area contributed by atoms with Crippen LogP contribution >= 0.6 is 27.5 Å². The van der Waals surface area contributed by atoms with Crippen molar-refractivity contribution in [2.75, 3.05) is 0 Å². The van der Waals surface area contributed by atoms with Gasteiger partial charge >= 0.3 is 0 Å². The zero-order valence-corrected chi connectivity index (χ0v) is 11.0. The number of halogens is 2. The number of allylic oxidation sites excluding steroid dienone is 1. The highest BCUT2D eigenvalue weighted by Gasteiger charge is 2.08. The van der Waals surface area contributed by atoms with Crippen molar-refractivity contribution in [1.82, 2.24) is 0 Å². The van der Waals surface area contributed by atoms with E-state index in [9.17, 15) is 5.11 Å². The topological polar surface area (TPSA) is 20.2 Å². The van der Waals surface area contributed by atoms with Crippen LogP contribution in [0.3, 0.4) is 0 Å². The van der Waals surface area contributed by atoms with Crippen LogP contribution in [0.1, 0.15) is 31.4 Å². The van der Waals surface area contributed by atoms with E-state index in [-0.39, 0.29) is 0 Å². The Kier molecular flexibility index (Phi) is 4.84. The fourth-order valence-corrected chi connectivity index (χ4v) is 1.71. The van der Waals surface area contributed by atoms with Gasteiger partial charge in [-0.2, -0.15) is 0 Å². The van der Waals surface area contributed by atoms with Crippen molar-refractivity contribution in [3.8, 4) is 0 Å². The fraction of sp³-hybridized carbons (Fsp3) is 0.333. The van der Waals surface area contributed by atoms with E-state index >= 15 is 0 Å². The van der Waals surface area contributed by atoms with Crippen molar-refractivity contribution in [2.24, 2.45) is 0 Å². The second-order valence-corrected chi connectivity index (χ2v) is 4.95. The van der Waals surface area contributed by atoms with Gasteiger partial charge in [0, 0.05) is 4.47 Å². The molecule has 0 saturated carbocycles. The molecule has 1 aromatic carbocycles. The summed E-state index contributed by atoms with van der Waals surface area (Å²) in [6.07, 6.45) is 1.05. The Morgan fingerprint density at radius 3 is 2.80 bits per heavy atom. The molecule has 82 valence electrons. The summed E-state index contributed by atoms with van der Waals surface area (Å²) in [4.78, 5) is 0. The lowest BCUT2D eigenvalue weighted by molar-refractivity contribution is 0.168. The van der Waals surface area contributed by atoms with Crippen molar-refractivity contribution in [1.29, 1.82) is 0 Å². The summed E-state index contributed by atoms with van der Waals surface area (Å²) in [7, 11) is 0. The quantitative estimate of drug-likeness (QED) is 0.810. The summed E-state index contributed by atoms with van der Waals surface area (Å²) < 4.78 is 0.847. The van der Waals surface area contributed by atoms with E-state index in [4.69, 9.17) is 11.6 Å². The summed E-state index contributed by atoms with van der Waals surface area (Å²) in [6, 6.07) is 5.51. The van der Waals surface area contributed by atoms with Gasteiger partial charge in [0.05, 0.1) is 11.1 Å². The molecule has 0 radical (unpaired) electrons. The Morgan fingerprint density at radius 2 is 2.27 bits per heavy atom. The first kappa shape index (κ1) is 12.8. The molecule has 1 unspecified atom stereocenters. The molecular formula is C12H14BrClO. The van der Waals surface area contributed by atoms with E-state index in [0.717, 1.165) is 22.0 Å². The molecule has 0 heterocycles. The second-order valence-electron chi connectivity index (χ2n) is 3.69. The number of aliphatic hydroxyl groups excluding tert-OH is 1. The second kappa shape index (κ2) is 5.69. The van der Waals surface area contributed by atoms with E-state index in [1.165, 1.54) is 0 Å². The Bertz CT molecular complexity index is 363. The first-order valence-corrected chi connectivity index (χ1v) is 5.95. The van der Waals surface area contributed by atoms with Crippen molar-refractivity contribution < 1.29 is 5.11 Å². The van der Waals surface area contributed by atoms with Crippen LogP contribution in [0, 0.1) is 0 Å². The molecule has 0 spiro atoms. The molecule has 0 aliphatic carbocycles. The van der Waals surface area contributed by atoms with Crippen LogP contribution < -0.4 is 0 Å². The van der Waals surface area contributed by atoms with Gasteiger partial charge in [0.25, 0.3) is 0 Å². The maximum atomic E-state index is 9.87. The van der Waals surface area contributed by atoms with Crippen molar-refractivity contribution >= 4 is 27.5 Å². The Labute approximate surface area is 104 Å². The summed E-state index contributed by atoms with van der Waals surface area (Å²) in [6.45, 7) is 5.77. The number of benzene rings is 1. The minimum atomic E-state index is -0.465. The molecule has 0 aliphatic rings. The fourth-order valence-electron chi connectivity index (χ4n) is 1.27. The van der Waals surface area contributed by atoms with E-state index in [1.54, 1.807) is 6.07 Å². The largest absolute Gasteiger partial charge is 0.388 e. The molecule has 0 bridgehead atoms. The first-order chi connectivity index (χ1) is 7.00. The van der Waals surface area contributed by atoms with Gasteiger partial charge in [-0.3, -0.25) is 0 Å². The normalized spacial score (nSPS) is 12.5. The van der Waals surface area contributed by atoms with E-state index in [2.05, 4.69) is 22.5 Å².